The summed E-state index contributed by atoms with van der Waals surface area (Å²) in [4.78, 5) is 0. The van der Waals surface area contributed by atoms with Crippen LogP contribution in [0.4, 0.5) is 0 Å². The van der Waals surface area contributed by atoms with E-state index >= 15 is 0 Å². The van der Waals surface area contributed by atoms with Gasteiger partial charge in [0.1, 0.15) is 0 Å². The summed E-state index contributed by atoms with van der Waals surface area (Å²) in [6.07, 6.45) is 6.14. The van der Waals surface area contributed by atoms with Gasteiger partial charge in [0.05, 0.1) is 13.0 Å². The molecule has 14 heavy (non-hydrogen) atoms. The molecule has 0 saturated carbocycles. The van der Waals surface area contributed by atoms with Crippen molar-refractivity contribution in [1.82, 2.24) is 0 Å². The van der Waals surface area contributed by atoms with Gasteiger partial charge in [0, 0.05) is 6.08 Å². The second-order valence-corrected chi connectivity index (χ2v) is 2.85. The fourth-order valence-corrected chi connectivity index (χ4v) is 0.986. The molecular formula is C12H15O2+. The van der Waals surface area contributed by atoms with E-state index < -0.39 is 0 Å². The molecule has 1 aromatic rings. The van der Waals surface area contributed by atoms with E-state index in [2.05, 4.69) is 0 Å². The second-order valence-electron chi connectivity index (χ2n) is 2.85. The molecule has 0 radical (unpaired) electrons. The van der Waals surface area contributed by atoms with Crippen LogP contribution in [0, 0.1) is 0 Å². The van der Waals surface area contributed by atoms with Crippen LogP contribution < -0.4 is 0 Å². The number of hydrogen-bond donors (Lipinski definition) is 1. The molecule has 1 aromatic carbocycles. The number of benzene rings is 1. The molecule has 0 unspecified atom stereocenters. The number of aldehydes is 1. The van der Waals surface area contributed by atoms with Crippen molar-refractivity contribution in [2.45, 2.75) is 6.42 Å². The quantitative estimate of drug-likeness (QED) is 0.327. The first kappa shape index (κ1) is 10.7. The summed E-state index contributed by atoms with van der Waals surface area (Å²) in [7, 11) is 0. The van der Waals surface area contributed by atoms with E-state index in [4.69, 9.17) is 9.53 Å². The summed E-state index contributed by atoms with van der Waals surface area (Å²) >= 11 is 0. The lowest BCUT2D eigenvalue weighted by molar-refractivity contribution is -0.452. The van der Waals surface area contributed by atoms with Gasteiger partial charge in [-0.15, -0.1) is 0 Å². The third-order valence-electron chi connectivity index (χ3n) is 1.68. The Labute approximate surface area is 84.2 Å². The van der Waals surface area contributed by atoms with E-state index in [0.717, 1.165) is 5.56 Å². The highest BCUT2D eigenvalue weighted by molar-refractivity contribution is 5.73. The van der Waals surface area contributed by atoms with Crippen molar-refractivity contribution in [2.24, 2.45) is 0 Å². The molecule has 0 fully saturated rings. The molecule has 0 aliphatic heterocycles. The molecular weight excluding hydrogens is 176 g/mol. The van der Waals surface area contributed by atoms with Gasteiger partial charge in [0.25, 0.3) is 6.61 Å². The lowest BCUT2D eigenvalue weighted by Gasteiger charge is -1.86. The number of carbonyl (C=O) groups excluding carboxylic acids is 1. The third kappa shape index (κ3) is 4.58. The minimum atomic E-state index is 0.177. The Morgan fingerprint density at radius 2 is 2.00 bits per heavy atom. The average Bonchev–Trinajstić information content (AvgIpc) is 2.25. The Morgan fingerprint density at radius 1 is 1.21 bits per heavy atom. The van der Waals surface area contributed by atoms with Gasteiger partial charge >= 0.3 is 6.29 Å². The molecule has 2 heteroatoms. The number of allylic oxidation sites excluding steroid dienone is 1. The maximum Gasteiger partial charge on any atom is 0.308 e. The highest BCUT2D eigenvalue weighted by atomic mass is 16.4. The molecule has 0 bridgehead atoms. The molecule has 0 saturated heterocycles. The summed E-state index contributed by atoms with van der Waals surface area (Å²) in [6.45, 7) is 0.742. The zero-order valence-corrected chi connectivity index (χ0v) is 8.10. The van der Waals surface area contributed by atoms with Crippen molar-refractivity contribution in [1.29, 1.82) is 0 Å². The highest BCUT2D eigenvalue weighted by Gasteiger charge is 1.88. The molecule has 0 aliphatic rings. The topological polar surface area (TPSA) is 31.5 Å². The zero-order chi connectivity index (χ0) is 10.1. The van der Waals surface area contributed by atoms with E-state index in [1.807, 2.05) is 42.5 Å². The summed E-state index contributed by atoms with van der Waals surface area (Å²) < 4.78 is 5.12. The molecule has 0 amide bonds. The Balaban J connectivity index is 2.31. The van der Waals surface area contributed by atoms with Gasteiger partial charge in [-0.2, -0.15) is 0 Å². The minimum absolute atomic E-state index is 0.177. The van der Waals surface area contributed by atoms with Crippen molar-refractivity contribution in [3.05, 3.63) is 42.0 Å². The smallest absolute Gasteiger partial charge is 0.308 e. The lowest BCUT2D eigenvalue weighted by atomic mass is 10.2. The summed E-state index contributed by atoms with van der Waals surface area (Å²) in [5.41, 5.74) is 1.15. The predicted octanol–water partition coefficient (Wildman–Crippen LogP) is 1.82. The maximum absolute atomic E-state index is 8.49. The number of aliphatic hydroxyl groups excluding tert-OH is 1. The van der Waals surface area contributed by atoms with Crippen molar-refractivity contribution >= 4 is 12.4 Å². The van der Waals surface area contributed by atoms with Crippen molar-refractivity contribution in [3.63, 3.8) is 0 Å². The van der Waals surface area contributed by atoms with E-state index in [0.29, 0.717) is 13.0 Å². The molecule has 74 valence electrons. The Bertz CT molecular complexity index is 288. The van der Waals surface area contributed by atoms with Crippen LogP contribution >= 0.6 is 0 Å². The van der Waals surface area contributed by atoms with Crippen molar-refractivity contribution in [3.8, 4) is 0 Å². The fourth-order valence-electron chi connectivity index (χ4n) is 0.986. The van der Waals surface area contributed by atoms with Gasteiger partial charge in [-0.25, -0.2) is 0 Å². The number of aliphatic hydroxyl groups is 1. The third-order valence-corrected chi connectivity index (χ3v) is 1.68. The van der Waals surface area contributed by atoms with Crippen LogP contribution in [0.2, 0.25) is 0 Å². The molecule has 0 aromatic heterocycles. The molecule has 0 heterocycles. The molecule has 0 spiro atoms. The van der Waals surface area contributed by atoms with E-state index in [-0.39, 0.29) is 6.61 Å². The van der Waals surface area contributed by atoms with E-state index in [1.54, 1.807) is 6.29 Å². The van der Waals surface area contributed by atoms with E-state index in [9.17, 15) is 0 Å². The van der Waals surface area contributed by atoms with Gasteiger partial charge < -0.3 is 5.11 Å². The monoisotopic (exact) mass is 191 g/mol. The van der Waals surface area contributed by atoms with Crippen molar-refractivity contribution < 1.29 is 9.53 Å². The van der Waals surface area contributed by atoms with Crippen LogP contribution in [0.25, 0.3) is 6.08 Å². The van der Waals surface area contributed by atoms with Gasteiger partial charge in [0.15, 0.2) is 0 Å². The van der Waals surface area contributed by atoms with Gasteiger partial charge in [-0.1, -0.05) is 30.3 Å². The second kappa shape index (κ2) is 7.04. The normalized spacial score (nSPS) is 11.5. The van der Waals surface area contributed by atoms with Crippen LogP contribution in [-0.4, -0.2) is 24.6 Å². The highest BCUT2D eigenvalue weighted by Crippen LogP contribution is 1.99. The van der Waals surface area contributed by atoms with Gasteiger partial charge in [-0.05, 0) is 11.6 Å². The first-order valence-electron chi connectivity index (χ1n) is 4.71. The molecule has 0 atom stereocenters. The minimum Gasteiger partial charge on any atom is -0.396 e. The van der Waals surface area contributed by atoms with Crippen LogP contribution in [0.15, 0.2) is 36.4 Å². The molecule has 0 aliphatic carbocycles. The summed E-state index contributed by atoms with van der Waals surface area (Å²) in [6, 6.07) is 10.0. The van der Waals surface area contributed by atoms with Crippen LogP contribution in [0.1, 0.15) is 12.0 Å². The first-order chi connectivity index (χ1) is 6.93. The predicted molar refractivity (Wildman–Crippen MR) is 58.1 cm³/mol. The van der Waals surface area contributed by atoms with E-state index in [1.165, 1.54) is 0 Å². The molecule has 1 rings (SSSR count). The Morgan fingerprint density at radius 3 is 2.71 bits per heavy atom. The van der Waals surface area contributed by atoms with Crippen LogP contribution in [0.3, 0.4) is 0 Å². The average molecular weight is 191 g/mol. The fraction of sp³-hybridized carbons (Fsp3) is 0.250. The number of rotatable bonds is 5. The Kier molecular flexibility index (Phi) is 5.36. The van der Waals surface area contributed by atoms with Gasteiger partial charge in [-0.3, -0.25) is 4.42 Å². The molecule has 1 N–H and O–H groups in total. The lowest BCUT2D eigenvalue weighted by Crippen LogP contribution is -1.90. The zero-order valence-electron chi connectivity index (χ0n) is 8.10. The van der Waals surface area contributed by atoms with Crippen molar-refractivity contribution in [2.75, 3.05) is 13.2 Å². The summed E-state index contributed by atoms with van der Waals surface area (Å²) in [5, 5.41) is 8.49. The first-order valence-corrected chi connectivity index (χ1v) is 4.71. The standard InChI is InChI=1S/C12H15O2/c13-9-5-11-14-10-4-8-12-6-2-1-3-7-12/h1-4,6-8,10,13H,5,9,11H2/q+1/b8-4+. The largest absolute Gasteiger partial charge is 0.396 e. The van der Waals surface area contributed by atoms with Crippen LogP contribution in [0.5, 0.6) is 0 Å². The Hall–Kier alpha value is -1.41. The van der Waals surface area contributed by atoms with Crippen LogP contribution in [-0.2, 0) is 4.42 Å². The van der Waals surface area contributed by atoms with Gasteiger partial charge in [0.2, 0.25) is 0 Å². The SMILES string of the molecule is OCCC[O+]=C/C=C/c1ccccc1. The molecule has 2 nitrogen and oxygen atoms in total. The number of hydrogen-bond acceptors (Lipinski definition) is 1. The maximum atomic E-state index is 8.49. The summed E-state index contributed by atoms with van der Waals surface area (Å²) in [5.74, 6) is 0.